The zero-order valence-corrected chi connectivity index (χ0v) is 14.8. The summed E-state index contributed by atoms with van der Waals surface area (Å²) in [5, 5.41) is 7.60. The first-order valence-electron chi connectivity index (χ1n) is 8.50. The molecule has 7 nitrogen and oxygen atoms in total. The molecule has 1 aliphatic rings. The maximum Gasteiger partial charge on any atom is 0.350 e. The van der Waals surface area contributed by atoms with E-state index in [9.17, 15) is 9.59 Å². The molecule has 3 heterocycles. The van der Waals surface area contributed by atoms with Crippen LogP contribution >= 0.6 is 11.6 Å². The van der Waals surface area contributed by atoms with Gasteiger partial charge < -0.3 is 10.2 Å². The third-order valence-corrected chi connectivity index (χ3v) is 4.70. The lowest BCUT2D eigenvalue weighted by molar-refractivity contribution is -0.117. The number of nitrogens with one attached hydrogen (secondary N) is 1. The molecule has 1 fully saturated rings. The van der Waals surface area contributed by atoms with Crippen molar-refractivity contribution in [1.29, 1.82) is 0 Å². The number of carbonyl (C=O) groups excluding carboxylic acids is 1. The second kappa shape index (κ2) is 6.84. The first-order chi connectivity index (χ1) is 12.6. The summed E-state index contributed by atoms with van der Waals surface area (Å²) in [7, 11) is 0. The van der Waals surface area contributed by atoms with E-state index < -0.39 is 0 Å². The minimum atomic E-state index is -0.346. The molecule has 0 saturated carbocycles. The van der Waals surface area contributed by atoms with Crippen molar-refractivity contribution >= 4 is 34.5 Å². The van der Waals surface area contributed by atoms with Crippen molar-refractivity contribution in [1.82, 2.24) is 14.2 Å². The Hall–Kier alpha value is -2.80. The molecule has 0 unspecified atom stereocenters. The molecule has 0 bridgehead atoms. The van der Waals surface area contributed by atoms with Gasteiger partial charge in [0.1, 0.15) is 6.54 Å². The van der Waals surface area contributed by atoms with Gasteiger partial charge in [0.15, 0.2) is 5.65 Å². The highest BCUT2D eigenvalue weighted by atomic mass is 35.5. The Morgan fingerprint density at radius 1 is 1.19 bits per heavy atom. The molecule has 0 spiro atoms. The second-order valence-corrected chi connectivity index (χ2v) is 6.71. The molecule has 1 saturated heterocycles. The minimum Gasteiger partial charge on any atom is -0.370 e. The van der Waals surface area contributed by atoms with Crippen molar-refractivity contribution in [2.75, 3.05) is 23.3 Å². The Kier molecular flexibility index (Phi) is 4.38. The number of rotatable bonds is 4. The van der Waals surface area contributed by atoms with Crippen LogP contribution in [-0.2, 0) is 11.3 Å². The minimum absolute atomic E-state index is 0.160. The molecule has 1 N–H and O–H groups in total. The molecule has 0 aliphatic carbocycles. The Labute approximate surface area is 154 Å². The molecule has 2 aromatic heterocycles. The number of halogens is 1. The van der Waals surface area contributed by atoms with Gasteiger partial charge in [0, 0.05) is 24.3 Å². The highest BCUT2D eigenvalue weighted by Crippen LogP contribution is 2.31. The summed E-state index contributed by atoms with van der Waals surface area (Å²) in [5.41, 5.74) is 1.76. The van der Waals surface area contributed by atoms with Crippen molar-refractivity contribution in [3.8, 4) is 0 Å². The van der Waals surface area contributed by atoms with Crippen molar-refractivity contribution in [3.05, 3.63) is 58.1 Å². The van der Waals surface area contributed by atoms with Crippen LogP contribution in [0.4, 0.5) is 11.4 Å². The summed E-state index contributed by atoms with van der Waals surface area (Å²) in [4.78, 5) is 27.0. The molecule has 26 heavy (non-hydrogen) atoms. The average molecular weight is 372 g/mol. The number of carbonyl (C=O) groups is 1. The molecule has 1 aliphatic heterocycles. The van der Waals surface area contributed by atoms with Crippen molar-refractivity contribution in [2.45, 2.75) is 19.4 Å². The summed E-state index contributed by atoms with van der Waals surface area (Å²) in [6.45, 7) is 1.75. The molecule has 1 aromatic carbocycles. The van der Waals surface area contributed by atoms with Gasteiger partial charge in [-0.2, -0.15) is 0 Å². The highest BCUT2D eigenvalue weighted by molar-refractivity contribution is 6.31. The Morgan fingerprint density at radius 3 is 2.77 bits per heavy atom. The summed E-state index contributed by atoms with van der Waals surface area (Å²) in [6.07, 6.45) is 3.89. The van der Waals surface area contributed by atoms with E-state index in [2.05, 4.69) is 15.3 Å². The summed E-state index contributed by atoms with van der Waals surface area (Å²) >= 11 is 6.11. The van der Waals surface area contributed by atoms with E-state index in [1.165, 1.54) is 4.40 Å². The quantitative estimate of drug-likeness (QED) is 0.764. The monoisotopic (exact) mass is 371 g/mol. The molecule has 1 amide bonds. The number of nitrogens with zero attached hydrogens (tertiary/aromatic N) is 4. The van der Waals surface area contributed by atoms with Crippen LogP contribution < -0.4 is 15.9 Å². The van der Waals surface area contributed by atoms with Gasteiger partial charge in [-0.05, 0) is 43.2 Å². The van der Waals surface area contributed by atoms with Crippen LogP contribution in [0.3, 0.4) is 0 Å². The number of hydrogen-bond acceptors (Lipinski definition) is 4. The van der Waals surface area contributed by atoms with E-state index in [-0.39, 0.29) is 18.1 Å². The van der Waals surface area contributed by atoms with Crippen LogP contribution in [0.15, 0.2) is 47.4 Å². The van der Waals surface area contributed by atoms with Crippen LogP contribution in [0.1, 0.15) is 12.8 Å². The number of fused-ring (bicyclic) bond motifs is 1. The summed E-state index contributed by atoms with van der Waals surface area (Å²) in [5.74, 6) is -0.321. The fourth-order valence-electron chi connectivity index (χ4n) is 3.24. The lowest BCUT2D eigenvalue weighted by Crippen LogP contribution is -2.29. The molecule has 0 atom stereocenters. The van der Waals surface area contributed by atoms with Crippen LogP contribution in [0, 0.1) is 0 Å². The molecular formula is C18H18ClN5O2. The van der Waals surface area contributed by atoms with Gasteiger partial charge in [0.2, 0.25) is 5.91 Å². The zero-order valence-electron chi connectivity index (χ0n) is 14.1. The number of aromatic nitrogens is 3. The fraction of sp³-hybridized carbons (Fsp3) is 0.278. The Balaban J connectivity index is 1.57. The van der Waals surface area contributed by atoms with Gasteiger partial charge in [0.25, 0.3) is 0 Å². The van der Waals surface area contributed by atoms with E-state index in [1.54, 1.807) is 30.5 Å². The number of amides is 1. The lowest BCUT2D eigenvalue weighted by atomic mass is 10.2. The average Bonchev–Trinajstić information content (AvgIpc) is 3.25. The van der Waals surface area contributed by atoms with Crippen LogP contribution in [0.5, 0.6) is 0 Å². The molecule has 8 heteroatoms. The van der Waals surface area contributed by atoms with Crippen molar-refractivity contribution < 1.29 is 4.79 Å². The van der Waals surface area contributed by atoms with Crippen molar-refractivity contribution in [2.24, 2.45) is 0 Å². The van der Waals surface area contributed by atoms with Crippen LogP contribution in [0.2, 0.25) is 5.02 Å². The standard InChI is InChI=1S/C18H18ClN5O2/c19-13-6-7-15(22-8-3-4-9-22)14(11-13)20-17(25)12-24-18(26)23-10-2-1-5-16(23)21-24/h1-2,5-7,10-11H,3-4,8-9,12H2,(H,20,25). The van der Waals surface area contributed by atoms with Crippen LogP contribution in [0.25, 0.3) is 5.65 Å². The SMILES string of the molecule is O=C(Cn1nc2ccccn2c1=O)Nc1cc(Cl)ccc1N1CCCC1. The van der Waals surface area contributed by atoms with Gasteiger partial charge in [-0.3, -0.25) is 9.20 Å². The maximum absolute atomic E-state index is 12.5. The molecular weight excluding hydrogens is 354 g/mol. The van der Waals surface area contributed by atoms with Gasteiger partial charge in [-0.25, -0.2) is 9.48 Å². The zero-order chi connectivity index (χ0) is 18.1. The Bertz CT molecular complexity index is 1020. The number of benzene rings is 1. The van der Waals surface area contributed by atoms with Crippen molar-refractivity contribution in [3.63, 3.8) is 0 Å². The third kappa shape index (κ3) is 3.17. The van der Waals surface area contributed by atoms with E-state index in [0.29, 0.717) is 16.4 Å². The van der Waals surface area contributed by atoms with Gasteiger partial charge in [0.05, 0.1) is 11.4 Å². The maximum atomic E-state index is 12.5. The first kappa shape index (κ1) is 16.7. The Morgan fingerprint density at radius 2 is 2.00 bits per heavy atom. The van der Waals surface area contributed by atoms with Gasteiger partial charge in [-0.1, -0.05) is 17.7 Å². The largest absolute Gasteiger partial charge is 0.370 e. The number of anilines is 2. The third-order valence-electron chi connectivity index (χ3n) is 4.46. The number of pyridine rings is 1. The van der Waals surface area contributed by atoms with Gasteiger partial charge in [-0.15, -0.1) is 5.10 Å². The van der Waals surface area contributed by atoms with E-state index >= 15 is 0 Å². The second-order valence-electron chi connectivity index (χ2n) is 6.27. The topological polar surface area (TPSA) is 71.6 Å². The highest BCUT2D eigenvalue weighted by Gasteiger charge is 2.18. The molecule has 3 aromatic rings. The van der Waals surface area contributed by atoms with E-state index in [0.717, 1.165) is 36.3 Å². The molecule has 134 valence electrons. The smallest absolute Gasteiger partial charge is 0.350 e. The fourth-order valence-corrected chi connectivity index (χ4v) is 3.41. The number of hydrogen-bond donors (Lipinski definition) is 1. The molecule has 0 radical (unpaired) electrons. The summed E-state index contributed by atoms with van der Waals surface area (Å²) < 4.78 is 2.56. The molecule has 4 rings (SSSR count). The predicted octanol–water partition coefficient (Wildman–Crippen LogP) is 2.39. The van der Waals surface area contributed by atoms with E-state index in [1.807, 2.05) is 12.1 Å². The van der Waals surface area contributed by atoms with E-state index in [4.69, 9.17) is 11.6 Å². The lowest BCUT2D eigenvalue weighted by Gasteiger charge is -2.21. The normalized spacial score (nSPS) is 14.1. The predicted molar refractivity (Wildman–Crippen MR) is 101 cm³/mol. The summed E-state index contributed by atoms with van der Waals surface area (Å²) in [6, 6.07) is 10.7. The van der Waals surface area contributed by atoms with Crippen LogP contribution in [-0.4, -0.2) is 33.2 Å². The first-order valence-corrected chi connectivity index (χ1v) is 8.88. The van der Waals surface area contributed by atoms with Gasteiger partial charge >= 0.3 is 5.69 Å².